The highest BCUT2D eigenvalue weighted by Crippen LogP contribution is 2.29. The molecule has 0 heterocycles. The molecule has 3 nitrogen and oxygen atoms in total. The molecule has 0 aromatic heterocycles. The summed E-state index contributed by atoms with van der Waals surface area (Å²) in [5.41, 5.74) is 5.49. The van der Waals surface area contributed by atoms with Crippen LogP contribution in [0.4, 0.5) is 4.39 Å². The molecule has 1 saturated carbocycles. The zero-order chi connectivity index (χ0) is 13.1. The molecule has 3 N–H and O–H groups in total. The zero-order valence-electron chi connectivity index (χ0n) is 10.6. The van der Waals surface area contributed by atoms with Gasteiger partial charge in [0.1, 0.15) is 17.4 Å². The molecule has 18 heavy (non-hydrogen) atoms. The van der Waals surface area contributed by atoms with Crippen molar-refractivity contribution in [2.75, 3.05) is 0 Å². The molecule has 1 aliphatic carbocycles. The van der Waals surface area contributed by atoms with Crippen molar-refractivity contribution < 1.29 is 9.13 Å². The first-order chi connectivity index (χ1) is 8.58. The summed E-state index contributed by atoms with van der Waals surface area (Å²) in [5, 5.41) is 7.43. The second-order valence-corrected chi connectivity index (χ2v) is 5.04. The summed E-state index contributed by atoms with van der Waals surface area (Å²) in [6.07, 6.45) is 4.43. The van der Waals surface area contributed by atoms with Gasteiger partial charge in [-0.2, -0.15) is 0 Å². The highest BCUT2D eigenvalue weighted by atomic mass is 19.1. The molecule has 0 amide bonds. The number of rotatable bonds is 3. The van der Waals surface area contributed by atoms with Gasteiger partial charge in [-0.15, -0.1) is 0 Å². The van der Waals surface area contributed by atoms with E-state index in [0.717, 1.165) is 19.3 Å². The normalized spacial score (nSPS) is 23.7. The number of ether oxygens (including phenoxy) is 1. The minimum absolute atomic E-state index is 0.0794. The van der Waals surface area contributed by atoms with Crippen LogP contribution in [-0.4, -0.2) is 11.9 Å². The Hall–Kier alpha value is -1.58. The fourth-order valence-electron chi connectivity index (χ4n) is 2.53. The summed E-state index contributed by atoms with van der Waals surface area (Å²) < 4.78 is 19.5. The van der Waals surface area contributed by atoms with Gasteiger partial charge in [0.15, 0.2) is 0 Å². The smallest absolute Gasteiger partial charge is 0.137 e. The average Bonchev–Trinajstić information content (AvgIpc) is 2.28. The lowest BCUT2D eigenvalue weighted by atomic mass is 9.88. The van der Waals surface area contributed by atoms with Gasteiger partial charge in [-0.05, 0) is 37.3 Å². The van der Waals surface area contributed by atoms with Gasteiger partial charge in [0, 0.05) is 0 Å². The summed E-state index contributed by atoms with van der Waals surface area (Å²) in [4.78, 5) is 0. The van der Waals surface area contributed by atoms with E-state index < -0.39 is 5.82 Å². The second-order valence-electron chi connectivity index (χ2n) is 5.04. The Kier molecular flexibility index (Phi) is 3.84. The Balaban J connectivity index is 2.18. The van der Waals surface area contributed by atoms with Crippen molar-refractivity contribution in [1.82, 2.24) is 0 Å². The van der Waals surface area contributed by atoms with Crippen molar-refractivity contribution in [3.63, 3.8) is 0 Å². The highest BCUT2D eigenvalue weighted by molar-refractivity contribution is 5.97. The van der Waals surface area contributed by atoms with Crippen LogP contribution in [0.25, 0.3) is 0 Å². The Morgan fingerprint density at radius 2 is 2.22 bits per heavy atom. The molecule has 1 fully saturated rings. The van der Waals surface area contributed by atoms with Crippen LogP contribution in [0.1, 0.15) is 38.2 Å². The predicted molar refractivity (Wildman–Crippen MR) is 69.5 cm³/mol. The maximum atomic E-state index is 13.6. The molecule has 1 aromatic carbocycles. The molecule has 0 saturated heterocycles. The number of nitrogens with one attached hydrogen (secondary N) is 1. The van der Waals surface area contributed by atoms with Gasteiger partial charge in [0.25, 0.3) is 0 Å². The number of nitrogens with two attached hydrogens (primary N) is 1. The van der Waals surface area contributed by atoms with Crippen molar-refractivity contribution in [3.8, 4) is 5.75 Å². The largest absolute Gasteiger partial charge is 0.490 e. The van der Waals surface area contributed by atoms with Crippen molar-refractivity contribution >= 4 is 5.84 Å². The minimum atomic E-state index is -0.496. The topological polar surface area (TPSA) is 59.1 Å². The summed E-state index contributed by atoms with van der Waals surface area (Å²) >= 11 is 0. The van der Waals surface area contributed by atoms with E-state index in [4.69, 9.17) is 15.9 Å². The Bertz CT molecular complexity index is 447. The van der Waals surface area contributed by atoms with E-state index in [1.54, 1.807) is 12.1 Å². The van der Waals surface area contributed by atoms with Crippen LogP contribution in [0, 0.1) is 17.1 Å². The minimum Gasteiger partial charge on any atom is -0.490 e. The van der Waals surface area contributed by atoms with Crippen LogP contribution in [-0.2, 0) is 0 Å². The molecule has 98 valence electrons. The Morgan fingerprint density at radius 1 is 1.44 bits per heavy atom. The molecule has 0 aliphatic heterocycles. The molecule has 2 rings (SSSR count). The predicted octanol–water partition coefficient (Wildman–Crippen LogP) is 3.07. The van der Waals surface area contributed by atoms with E-state index in [9.17, 15) is 4.39 Å². The molecule has 2 unspecified atom stereocenters. The van der Waals surface area contributed by atoms with E-state index in [1.807, 2.05) is 0 Å². The van der Waals surface area contributed by atoms with Crippen LogP contribution in [0.5, 0.6) is 5.75 Å². The molecule has 1 aromatic rings. The van der Waals surface area contributed by atoms with Gasteiger partial charge >= 0.3 is 0 Å². The van der Waals surface area contributed by atoms with Crippen LogP contribution in [0.2, 0.25) is 0 Å². The lowest BCUT2D eigenvalue weighted by Gasteiger charge is -2.28. The van der Waals surface area contributed by atoms with Crippen LogP contribution in [0.15, 0.2) is 18.2 Å². The monoisotopic (exact) mass is 250 g/mol. The SMILES string of the molecule is CC1CCCC(Oc2cccc(F)c2C(=N)N)C1. The number of benzene rings is 1. The maximum absolute atomic E-state index is 13.6. The highest BCUT2D eigenvalue weighted by Gasteiger charge is 2.22. The number of hydrogen-bond acceptors (Lipinski definition) is 2. The van der Waals surface area contributed by atoms with Crippen molar-refractivity contribution in [3.05, 3.63) is 29.6 Å². The molecule has 2 atom stereocenters. The van der Waals surface area contributed by atoms with Crippen molar-refractivity contribution in [2.45, 2.75) is 38.7 Å². The van der Waals surface area contributed by atoms with Crippen LogP contribution in [0.3, 0.4) is 0 Å². The molecule has 4 heteroatoms. The van der Waals surface area contributed by atoms with Gasteiger partial charge < -0.3 is 10.5 Å². The third-order valence-corrected chi connectivity index (χ3v) is 3.43. The third-order valence-electron chi connectivity index (χ3n) is 3.43. The van der Waals surface area contributed by atoms with Gasteiger partial charge in [-0.3, -0.25) is 5.41 Å². The second kappa shape index (κ2) is 5.38. The van der Waals surface area contributed by atoms with Crippen LogP contribution < -0.4 is 10.5 Å². The van der Waals surface area contributed by atoms with Gasteiger partial charge in [0.05, 0.1) is 11.7 Å². The lowest BCUT2D eigenvalue weighted by Crippen LogP contribution is -2.25. The van der Waals surface area contributed by atoms with E-state index in [1.165, 1.54) is 12.5 Å². The lowest BCUT2D eigenvalue weighted by molar-refractivity contribution is 0.128. The summed E-state index contributed by atoms with van der Waals surface area (Å²) in [7, 11) is 0. The summed E-state index contributed by atoms with van der Waals surface area (Å²) in [5.74, 6) is 0.246. The Labute approximate surface area is 107 Å². The van der Waals surface area contributed by atoms with Crippen LogP contribution >= 0.6 is 0 Å². The third kappa shape index (κ3) is 2.81. The average molecular weight is 250 g/mol. The van der Waals surface area contributed by atoms with Crippen molar-refractivity contribution in [2.24, 2.45) is 11.7 Å². The van der Waals surface area contributed by atoms with E-state index in [2.05, 4.69) is 6.92 Å². The standard InChI is InChI=1S/C14H19FN2O/c1-9-4-2-5-10(8-9)18-12-7-3-6-11(15)13(12)14(16)17/h3,6-7,9-10H,2,4-5,8H2,1H3,(H3,16,17). The van der Waals surface area contributed by atoms with E-state index >= 15 is 0 Å². The zero-order valence-corrected chi connectivity index (χ0v) is 10.6. The summed E-state index contributed by atoms with van der Waals surface area (Å²) in [6.45, 7) is 2.20. The fourth-order valence-corrected chi connectivity index (χ4v) is 2.53. The molecular formula is C14H19FN2O. The fraction of sp³-hybridized carbons (Fsp3) is 0.500. The number of amidine groups is 1. The number of nitrogen functional groups attached to an aromatic ring is 1. The van der Waals surface area contributed by atoms with E-state index in [0.29, 0.717) is 11.7 Å². The molecule has 0 radical (unpaired) electrons. The first-order valence-electron chi connectivity index (χ1n) is 6.37. The summed E-state index contributed by atoms with van der Waals surface area (Å²) in [6, 6.07) is 4.57. The number of hydrogen-bond donors (Lipinski definition) is 2. The molecule has 0 spiro atoms. The quantitative estimate of drug-likeness (QED) is 0.639. The number of halogens is 1. The van der Waals surface area contributed by atoms with Gasteiger partial charge in [-0.1, -0.05) is 19.4 Å². The molecular weight excluding hydrogens is 231 g/mol. The Morgan fingerprint density at radius 3 is 2.89 bits per heavy atom. The van der Waals surface area contributed by atoms with Gasteiger partial charge in [0.2, 0.25) is 0 Å². The first kappa shape index (κ1) is 12.9. The maximum Gasteiger partial charge on any atom is 0.137 e. The van der Waals surface area contributed by atoms with Crippen molar-refractivity contribution in [1.29, 1.82) is 5.41 Å². The van der Waals surface area contributed by atoms with Gasteiger partial charge in [-0.25, -0.2) is 4.39 Å². The molecule has 0 bridgehead atoms. The van der Waals surface area contributed by atoms with E-state index in [-0.39, 0.29) is 17.5 Å². The molecule has 1 aliphatic rings. The first-order valence-corrected chi connectivity index (χ1v) is 6.37.